The minimum absolute atomic E-state index is 0.133. The van der Waals surface area contributed by atoms with E-state index in [-0.39, 0.29) is 5.82 Å². The third kappa shape index (κ3) is 3.03. The molecule has 0 bridgehead atoms. The van der Waals surface area contributed by atoms with Gasteiger partial charge in [-0.15, -0.1) is 0 Å². The highest BCUT2D eigenvalue weighted by molar-refractivity contribution is 6.30. The number of hydrogen-bond donors (Lipinski definition) is 1. The zero-order chi connectivity index (χ0) is 19.7. The monoisotopic (exact) mass is 376 g/mol. The van der Waals surface area contributed by atoms with Crippen LogP contribution in [-0.4, -0.2) is 11.6 Å². The average molecular weight is 377 g/mol. The van der Waals surface area contributed by atoms with Crippen molar-refractivity contribution in [3.63, 3.8) is 0 Å². The van der Waals surface area contributed by atoms with Gasteiger partial charge in [-0.05, 0) is 61.8 Å². The van der Waals surface area contributed by atoms with Gasteiger partial charge in [0.2, 0.25) is 0 Å². The summed E-state index contributed by atoms with van der Waals surface area (Å²) in [7, 11) is 0. The van der Waals surface area contributed by atoms with E-state index < -0.39 is 0 Å². The fraction of sp³-hybridized carbons (Fsp3) is 0.190. The van der Waals surface area contributed by atoms with Crippen LogP contribution >= 0.6 is 11.6 Å². The summed E-state index contributed by atoms with van der Waals surface area (Å²) in [6.07, 6.45) is 1.92. The summed E-state index contributed by atoms with van der Waals surface area (Å²) in [6, 6.07) is 9.70. The van der Waals surface area contributed by atoms with Gasteiger partial charge in [0.1, 0.15) is 23.7 Å². The molecule has 0 unspecified atom stereocenters. The van der Waals surface area contributed by atoms with Crippen molar-refractivity contribution >= 4 is 34.6 Å². The lowest BCUT2D eigenvalue weighted by Gasteiger charge is -2.12. The largest absolute Gasteiger partial charge is 0.493 e. The van der Waals surface area contributed by atoms with Crippen LogP contribution in [0.4, 0.5) is 5.82 Å². The molecule has 0 radical (unpaired) electrons. The van der Waals surface area contributed by atoms with Crippen molar-refractivity contribution in [1.82, 2.24) is 4.98 Å². The molecule has 1 aliphatic carbocycles. The third-order valence-corrected chi connectivity index (χ3v) is 4.79. The van der Waals surface area contributed by atoms with Gasteiger partial charge in [0.15, 0.2) is 0 Å². The maximum atomic E-state index is 9.63. The molecular formula is C21H17ClN4O. The number of nitrogen functional groups attached to an aromatic ring is 1. The molecule has 2 aromatic rings. The van der Waals surface area contributed by atoms with Crippen molar-refractivity contribution in [3.8, 4) is 17.9 Å². The molecular weight excluding hydrogens is 360 g/mol. The Bertz CT molecular complexity index is 1100. The quantitative estimate of drug-likeness (QED) is 0.833. The lowest BCUT2D eigenvalue weighted by molar-refractivity contribution is 0.339. The Hall–Kier alpha value is -3.28. The number of nitrogens with zero attached hydrogens (tertiary/aromatic N) is 3. The fourth-order valence-corrected chi connectivity index (χ4v) is 3.45. The molecule has 27 heavy (non-hydrogen) atoms. The van der Waals surface area contributed by atoms with Gasteiger partial charge < -0.3 is 10.5 Å². The number of anilines is 1. The van der Waals surface area contributed by atoms with Crippen LogP contribution in [0.25, 0.3) is 17.2 Å². The van der Waals surface area contributed by atoms with Gasteiger partial charge >= 0.3 is 0 Å². The first-order chi connectivity index (χ1) is 12.9. The van der Waals surface area contributed by atoms with Crippen molar-refractivity contribution in [1.29, 1.82) is 10.5 Å². The minimum Gasteiger partial charge on any atom is -0.493 e. The van der Waals surface area contributed by atoms with Crippen LogP contribution in [0.3, 0.4) is 0 Å². The predicted molar refractivity (Wildman–Crippen MR) is 107 cm³/mol. The molecule has 134 valence electrons. The lowest BCUT2D eigenvalue weighted by atomic mass is 9.95. The number of allylic oxidation sites excluding steroid dienone is 3. The number of nitriles is 2. The second kappa shape index (κ2) is 7.15. The summed E-state index contributed by atoms with van der Waals surface area (Å²) < 4.78 is 5.70. The van der Waals surface area contributed by atoms with E-state index in [9.17, 15) is 10.5 Å². The van der Waals surface area contributed by atoms with Crippen LogP contribution in [0, 0.1) is 29.6 Å². The number of ether oxygens (including phenoxy) is 1. The van der Waals surface area contributed by atoms with E-state index in [1.54, 1.807) is 6.07 Å². The Morgan fingerprint density at radius 3 is 2.63 bits per heavy atom. The normalized spacial score (nSPS) is 14.1. The first-order valence-electron chi connectivity index (χ1n) is 8.39. The maximum Gasteiger partial charge on any atom is 0.142 e. The molecule has 0 amide bonds. The number of hydrogen-bond acceptors (Lipinski definition) is 5. The predicted octanol–water partition coefficient (Wildman–Crippen LogP) is 4.75. The molecule has 0 saturated carbocycles. The number of pyridine rings is 1. The van der Waals surface area contributed by atoms with Gasteiger partial charge in [0, 0.05) is 16.1 Å². The van der Waals surface area contributed by atoms with Crippen molar-refractivity contribution in [2.75, 3.05) is 12.3 Å². The third-order valence-electron chi connectivity index (χ3n) is 4.56. The molecule has 1 heterocycles. The van der Waals surface area contributed by atoms with Gasteiger partial charge in [0.05, 0.1) is 23.4 Å². The van der Waals surface area contributed by atoms with E-state index in [2.05, 4.69) is 17.1 Å². The zero-order valence-corrected chi connectivity index (χ0v) is 16.0. The Morgan fingerprint density at radius 2 is 2.00 bits per heavy atom. The molecule has 6 heteroatoms. The topological polar surface area (TPSA) is 95.7 Å². The SMILES string of the molecule is CCOc1ccc(Cl)cc1C=C1C(C)=C(C#N)c2nc(N)c(C#N)c(C)c21. The zero-order valence-electron chi connectivity index (χ0n) is 15.2. The van der Waals surface area contributed by atoms with Crippen molar-refractivity contribution in [2.24, 2.45) is 0 Å². The molecule has 0 atom stereocenters. The number of rotatable bonds is 3. The second-order valence-electron chi connectivity index (χ2n) is 6.12. The lowest BCUT2D eigenvalue weighted by Crippen LogP contribution is -2.04. The number of aromatic nitrogens is 1. The van der Waals surface area contributed by atoms with Crippen molar-refractivity contribution < 1.29 is 4.74 Å². The van der Waals surface area contributed by atoms with Crippen molar-refractivity contribution in [3.05, 3.63) is 56.7 Å². The van der Waals surface area contributed by atoms with Crippen LogP contribution in [0.15, 0.2) is 23.8 Å². The molecule has 0 saturated heterocycles. The van der Waals surface area contributed by atoms with Gasteiger partial charge in [0.25, 0.3) is 0 Å². The number of benzene rings is 1. The molecule has 2 N–H and O–H groups in total. The summed E-state index contributed by atoms with van der Waals surface area (Å²) in [4.78, 5) is 4.33. The Kier molecular flexibility index (Phi) is 4.90. The first kappa shape index (κ1) is 18.5. The highest BCUT2D eigenvalue weighted by atomic mass is 35.5. The van der Waals surface area contributed by atoms with Crippen LogP contribution in [-0.2, 0) is 0 Å². The second-order valence-corrected chi connectivity index (χ2v) is 6.55. The fourth-order valence-electron chi connectivity index (χ4n) is 3.27. The van der Waals surface area contributed by atoms with Crippen molar-refractivity contribution in [2.45, 2.75) is 20.8 Å². The van der Waals surface area contributed by atoms with Crippen LogP contribution < -0.4 is 10.5 Å². The average Bonchev–Trinajstić information content (AvgIpc) is 2.89. The Balaban J connectivity index is 2.33. The highest BCUT2D eigenvalue weighted by Gasteiger charge is 2.29. The molecule has 1 aromatic heterocycles. The van der Waals surface area contributed by atoms with Gasteiger partial charge in [-0.2, -0.15) is 10.5 Å². The first-order valence-corrected chi connectivity index (χ1v) is 8.77. The van der Waals surface area contributed by atoms with E-state index in [0.717, 1.165) is 22.3 Å². The standard InChI is InChI=1S/C21H17ClN4O/c1-4-27-18-6-5-14(22)7-13(18)8-15-11(2)16(9-23)20-19(15)12(3)17(10-24)21(25)26-20/h5-8H,4H2,1-3H3,(H2,25,26). The summed E-state index contributed by atoms with van der Waals surface area (Å²) in [6.45, 7) is 6.10. The van der Waals surface area contributed by atoms with Crippen LogP contribution in [0.5, 0.6) is 5.75 Å². The van der Waals surface area contributed by atoms with E-state index >= 15 is 0 Å². The number of halogens is 1. The Morgan fingerprint density at radius 1 is 1.26 bits per heavy atom. The molecule has 1 aliphatic rings. The van der Waals surface area contributed by atoms with Gasteiger partial charge in [-0.3, -0.25) is 0 Å². The van der Waals surface area contributed by atoms with E-state index in [4.69, 9.17) is 22.1 Å². The smallest absolute Gasteiger partial charge is 0.142 e. The Labute approximate surface area is 163 Å². The summed E-state index contributed by atoms with van der Waals surface area (Å²) in [5, 5.41) is 19.7. The van der Waals surface area contributed by atoms with Crippen LogP contribution in [0.1, 0.15) is 41.8 Å². The van der Waals surface area contributed by atoms with Gasteiger partial charge in [-0.25, -0.2) is 4.98 Å². The molecule has 0 fully saturated rings. The summed E-state index contributed by atoms with van der Waals surface area (Å²) in [5.41, 5.74) is 11.0. The number of nitrogens with two attached hydrogens (primary N) is 1. The molecule has 0 spiro atoms. The molecule has 3 rings (SSSR count). The molecule has 5 nitrogen and oxygen atoms in total. The van der Waals surface area contributed by atoms with E-state index in [1.165, 1.54) is 0 Å². The van der Waals surface area contributed by atoms with E-state index in [1.807, 2.05) is 39.0 Å². The maximum absolute atomic E-state index is 9.63. The van der Waals surface area contributed by atoms with E-state index in [0.29, 0.717) is 39.8 Å². The molecule has 0 aliphatic heterocycles. The number of fused-ring (bicyclic) bond motifs is 1. The highest BCUT2D eigenvalue weighted by Crippen LogP contribution is 2.44. The summed E-state index contributed by atoms with van der Waals surface area (Å²) >= 11 is 6.17. The van der Waals surface area contributed by atoms with Gasteiger partial charge in [-0.1, -0.05) is 11.6 Å². The summed E-state index contributed by atoms with van der Waals surface area (Å²) in [5.74, 6) is 0.823. The molecule has 1 aromatic carbocycles. The minimum atomic E-state index is 0.133. The van der Waals surface area contributed by atoms with Crippen LogP contribution in [0.2, 0.25) is 5.02 Å².